The van der Waals surface area contributed by atoms with Crippen LogP contribution in [0.3, 0.4) is 0 Å². The summed E-state index contributed by atoms with van der Waals surface area (Å²) >= 11 is 7.43. The van der Waals surface area contributed by atoms with Crippen LogP contribution < -0.4 is 5.56 Å². The van der Waals surface area contributed by atoms with Gasteiger partial charge in [-0.3, -0.25) is 14.2 Å². The highest BCUT2D eigenvalue weighted by Gasteiger charge is 2.14. The van der Waals surface area contributed by atoms with E-state index in [0.717, 1.165) is 5.56 Å². The Labute approximate surface area is 160 Å². The van der Waals surface area contributed by atoms with Gasteiger partial charge in [-0.2, -0.15) is 0 Å². The van der Waals surface area contributed by atoms with Crippen LogP contribution in [0.15, 0.2) is 58.5 Å². The highest BCUT2D eigenvalue weighted by Crippen LogP contribution is 2.21. The van der Waals surface area contributed by atoms with Gasteiger partial charge in [-0.05, 0) is 30.7 Å². The van der Waals surface area contributed by atoms with Gasteiger partial charge in [0.25, 0.3) is 5.56 Å². The molecule has 0 aliphatic heterocycles. The zero-order valence-electron chi connectivity index (χ0n) is 14.1. The first-order valence-electron chi connectivity index (χ1n) is 8.11. The first-order valence-corrected chi connectivity index (χ1v) is 9.48. The quantitative estimate of drug-likeness (QED) is 0.365. The molecule has 5 nitrogen and oxygen atoms in total. The van der Waals surface area contributed by atoms with E-state index in [2.05, 4.69) is 4.98 Å². The first kappa shape index (κ1) is 18.5. The summed E-state index contributed by atoms with van der Waals surface area (Å²) in [4.78, 5) is 29.3. The van der Waals surface area contributed by atoms with Gasteiger partial charge in [0.1, 0.15) is 0 Å². The zero-order chi connectivity index (χ0) is 18.5. The number of fused-ring (bicyclic) bond motifs is 1. The predicted molar refractivity (Wildman–Crippen MR) is 104 cm³/mol. The highest BCUT2D eigenvalue weighted by molar-refractivity contribution is 7.99. The molecule has 1 aromatic heterocycles. The summed E-state index contributed by atoms with van der Waals surface area (Å²) in [5.74, 6) is -0.259. The largest absolute Gasteiger partial charge is 0.465 e. The number of hydrogen-bond acceptors (Lipinski definition) is 5. The van der Waals surface area contributed by atoms with Gasteiger partial charge in [-0.25, -0.2) is 4.98 Å². The summed E-state index contributed by atoms with van der Waals surface area (Å²) < 4.78 is 6.51. The van der Waals surface area contributed by atoms with Crippen LogP contribution in [0.5, 0.6) is 0 Å². The number of para-hydroxylation sites is 1. The second-order valence-electron chi connectivity index (χ2n) is 5.49. The normalized spacial score (nSPS) is 10.8. The number of rotatable bonds is 6. The van der Waals surface area contributed by atoms with Gasteiger partial charge in [0.05, 0.1) is 29.8 Å². The summed E-state index contributed by atoms with van der Waals surface area (Å²) in [5.41, 5.74) is 1.24. The Kier molecular flexibility index (Phi) is 5.96. The Morgan fingerprint density at radius 2 is 1.92 bits per heavy atom. The number of halogens is 1. The summed E-state index contributed by atoms with van der Waals surface area (Å²) in [7, 11) is 0. The van der Waals surface area contributed by atoms with Gasteiger partial charge < -0.3 is 4.74 Å². The van der Waals surface area contributed by atoms with Crippen molar-refractivity contribution in [2.24, 2.45) is 0 Å². The van der Waals surface area contributed by atoms with Crippen LogP contribution >= 0.6 is 23.4 Å². The number of carbonyl (C=O) groups is 1. The molecule has 0 saturated heterocycles. The SMILES string of the molecule is CCOC(=O)CSc1nc2ccccc2c(=O)n1Cc1ccccc1Cl. The van der Waals surface area contributed by atoms with Crippen LogP contribution in [0, 0.1) is 0 Å². The summed E-state index contributed by atoms with van der Waals surface area (Å²) in [6.07, 6.45) is 0. The summed E-state index contributed by atoms with van der Waals surface area (Å²) in [6.45, 7) is 2.35. The van der Waals surface area contributed by atoms with E-state index in [1.165, 1.54) is 11.8 Å². The summed E-state index contributed by atoms with van der Waals surface area (Å²) in [5, 5.41) is 1.57. The molecule has 0 amide bonds. The third-order valence-corrected chi connectivity index (χ3v) is 5.06. The number of ether oxygens (including phenoxy) is 1. The molecule has 134 valence electrons. The molecule has 0 bridgehead atoms. The average molecular weight is 389 g/mol. The molecule has 0 unspecified atom stereocenters. The monoisotopic (exact) mass is 388 g/mol. The van der Waals surface area contributed by atoms with E-state index < -0.39 is 0 Å². The lowest BCUT2D eigenvalue weighted by Crippen LogP contribution is -2.24. The van der Waals surface area contributed by atoms with Crippen molar-refractivity contribution < 1.29 is 9.53 Å². The first-order chi connectivity index (χ1) is 12.6. The van der Waals surface area contributed by atoms with Gasteiger partial charge in [0, 0.05) is 5.02 Å². The van der Waals surface area contributed by atoms with Crippen LogP contribution in [0.4, 0.5) is 0 Å². The maximum Gasteiger partial charge on any atom is 0.316 e. The molecule has 0 saturated carbocycles. The van der Waals surface area contributed by atoms with E-state index in [4.69, 9.17) is 16.3 Å². The molecule has 0 spiro atoms. The molecule has 0 aliphatic rings. The van der Waals surface area contributed by atoms with Crippen molar-refractivity contribution in [1.82, 2.24) is 9.55 Å². The van der Waals surface area contributed by atoms with Crippen LogP contribution in [0.25, 0.3) is 10.9 Å². The van der Waals surface area contributed by atoms with E-state index in [1.54, 1.807) is 35.8 Å². The van der Waals surface area contributed by atoms with Gasteiger partial charge in [0.2, 0.25) is 0 Å². The molecule has 0 atom stereocenters. The molecular weight excluding hydrogens is 372 g/mol. The smallest absolute Gasteiger partial charge is 0.316 e. The summed E-state index contributed by atoms with van der Waals surface area (Å²) in [6, 6.07) is 14.5. The van der Waals surface area contributed by atoms with Crippen molar-refractivity contribution in [3.63, 3.8) is 0 Å². The van der Waals surface area contributed by atoms with Crippen molar-refractivity contribution in [3.05, 3.63) is 69.5 Å². The Hall–Kier alpha value is -2.31. The predicted octanol–water partition coefficient (Wildman–Crippen LogP) is 3.75. The van der Waals surface area contributed by atoms with Gasteiger partial charge in [0.15, 0.2) is 5.16 Å². The van der Waals surface area contributed by atoms with E-state index in [-0.39, 0.29) is 23.8 Å². The van der Waals surface area contributed by atoms with E-state index in [9.17, 15) is 9.59 Å². The van der Waals surface area contributed by atoms with Crippen LogP contribution in [0.2, 0.25) is 5.02 Å². The molecule has 3 rings (SSSR count). The van der Waals surface area contributed by atoms with E-state index in [0.29, 0.717) is 27.7 Å². The fourth-order valence-corrected chi connectivity index (χ4v) is 3.51. The van der Waals surface area contributed by atoms with Gasteiger partial charge in [-0.1, -0.05) is 53.7 Å². The average Bonchev–Trinajstić information content (AvgIpc) is 2.64. The van der Waals surface area contributed by atoms with E-state index >= 15 is 0 Å². The minimum Gasteiger partial charge on any atom is -0.465 e. The molecule has 3 aromatic rings. The lowest BCUT2D eigenvalue weighted by molar-refractivity contribution is -0.139. The van der Waals surface area contributed by atoms with Crippen molar-refractivity contribution in [3.8, 4) is 0 Å². The number of hydrogen-bond donors (Lipinski definition) is 0. The second-order valence-corrected chi connectivity index (χ2v) is 6.84. The van der Waals surface area contributed by atoms with Crippen molar-refractivity contribution in [2.45, 2.75) is 18.6 Å². The molecule has 0 fully saturated rings. The number of esters is 1. The zero-order valence-corrected chi connectivity index (χ0v) is 15.7. The molecule has 0 aliphatic carbocycles. The lowest BCUT2D eigenvalue weighted by atomic mass is 10.2. The van der Waals surface area contributed by atoms with E-state index in [1.807, 2.05) is 24.3 Å². The van der Waals surface area contributed by atoms with Crippen LogP contribution in [-0.4, -0.2) is 27.9 Å². The molecule has 7 heteroatoms. The number of benzene rings is 2. The van der Waals surface area contributed by atoms with Gasteiger partial charge >= 0.3 is 5.97 Å². The Morgan fingerprint density at radius 3 is 2.69 bits per heavy atom. The molecule has 2 aromatic carbocycles. The molecular formula is C19H17ClN2O3S. The third kappa shape index (κ3) is 4.08. The standard InChI is InChI=1S/C19H17ClN2O3S/c1-2-25-17(23)12-26-19-21-16-10-6-4-8-14(16)18(24)22(19)11-13-7-3-5-9-15(13)20/h3-10H,2,11-12H2,1H3. The van der Waals surface area contributed by atoms with Crippen molar-refractivity contribution in [2.75, 3.05) is 12.4 Å². The number of thioether (sulfide) groups is 1. The highest BCUT2D eigenvalue weighted by atomic mass is 35.5. The number of aromatic nitrogens is 2. The Morgan fingerprint density at radius 1 is 1.19 bits per heavy atom. The topological polar surface area (TPSA) is 61.2 Å². The van der Waals surface area contributed by atoms with Crippen molar-refractivity contribution in [1.29, 1.82) is 0 Å². The Bertz CT molecular complexity index is 1000. The molecule has 1 heterocycles. The maximum atomic E-state index is 13.0. The fourth-order valence-electron chi connectivity index (χ4n) is 2.52. The van der Waals surface area contributed by atoms with Crippen molar-refractivity contribution >= 4 is 40.2 Å². The minimum atomic E-state index is -0.343. The number of carbonyl (C=O) groups excluding carboxylic acids is 1. The van der Waals surface area contributed by atoms with Crippen LogP contribution in [-0.2, 0) is 16.1 Å². The molecule has 26 heavy (non-hydrogen) atoms. The fraction of sp³-hybridized carbons (Fsp3) is 0.211. The minimum absolute atomic E-state index is 0.0845. The Balaban J connectivity index is 2.04. The molecule has 0 radical (unpaired) electrons. The second kappa shape index (κ2) is 8.38. The third-order valence-electron chi connectivity index (χ3n) is 3.74. The maximum absolute atomic E-state index is 13.0. The van der Waals surface area contributed by atoms with Gasteiger partial charge in [-0.15, -0.1) is 0 Å². The van der Waals surface area contributed by atoms with Crippen LogP contribution in [0.1, 0.15) is 12.5 Å². The lowest BCUT2D eigenvalue weighted by Gasteiger charge is -2.13. The number of nitrogens with zero attached hydrogens (tertiary/aromatic N) is 2. The molecule has 0 N–H and O–H groups in total.